The van der Waals surface area contributed by atoms with Gasteiger partial charge >= 0.3 is 0 Å². The Balaban J connectivity index is 1.44. The van der Waals surface area contributed by atoms with E-state index in [1.54, 1.807) is 0 Å². The summed E-state index contributed by atoms with van der Waals surface area (Å²) in [5, 5.41) is 3.05. The van der Waals surface area contributed by atoms with Crippen LogP contribution in [0, 0.1) is 25.7 Å². The molecule has 0 spiro atoms. The highest BCUT2D eigenvalue weighted by Crippen LogP contribution is 2.44. The van der Waals surface area contributed by atoms with E-state index in [1.807, 2.05) is 0 Å². The number of carbonyl (C=O) groups is 1. The predicted octanol–water partition coefficient (Wildman–Crippen LogP) is 3.52. The molecule has 2 aliphatic rings. The van der Waals surface area contributed by atoms with Crippen molar-refractivity contribution < 1.29 is 13.2 Å². The summed E-state index contributed by atoms with van der Waals surface area (Å²) in [6.07, 6.45) is 5.55. The molecule has 1 aromatic rings. The van der Waals surface area contributed by atoms with Crippen molar-refractivity contribution in [3.8, 4) is 0 Å². The van der Waals surface area contributed by atoms with Crippen molar-refractivity contribution in [2.45, 2.75) is 58.3 Å². The first-order chi connectivity index (χ1) is 12.3. The van der Waals surface area contributed by atoms with Gasteiger partial charge in [0.2, 0.25) is 5.91 Å². The Hall–Kier alpha value is -1.36. The first-order valence-electron chi connectivity index (χ1n) is 9.88. The van der Waals surface area contributed by atoms with E-state index in [9.17, 15) is 13.2 Å². The Bertz CT molecular complexity index is 753. The van der Waals surface area contributed by atoms with E-state index in [4.69, 9.17) is 0 Å². The Kier molecular flexibility index (Phi) is 6.06. The molecular formula is C21H31NO3S. The summed E-state index contributed by atoms with van der Waals surface area (Å²) < 4.78 is 23.0. The summed E-state index contributed by atoms with van der Waals surface area (Å²) in [6.45, 7) is 4.90. The van der Waals surface area contributed by atoms with E-state index in [2.05, 4.69) is 37.4 Å². The molecule has 4 nitrogen and oxygen atoms in total. The molecule has 2 unspecified atom stereocenters. The number of benzene rings is 1. The molecule has 2 fully saturated rings. The summed E-state index contributed by atoms with van der Waals surface area (Å²) in [6, 6.07) is 6.58. The van der Waals surface area contributed by atoms with Crippen molar-refractivity contribution in [3.05, 3.63) is 34.9 Å². The average Bonchev–Trinajstić information content (AvgIpc) is 3.36. The van der Waals surface area contributed by atoms with E-state index < -0.39 is 9.84 Å². The first kappa shape index (κ1) is 19.4. The standard InChI is InChI=1S/C21H31NO3S/c1-15-5-6-19(12-16(15)2)20(18-7-8-18)13-21(23)22-10-3-4-17-9-11-26(24,25)14-17/h5-6,12,17-18,20H,3-4,7-11,13-14H2,1-2H3,(H,22,23). The zero-order valence-corrected chi connectivity index (χ0v) is 16.8. The zero-order chi connectivity index (χ0) is 18.7. The molecule has 1 saturated carbocycles. The van der Waals surface area contributed by atoms with Crippen molar-refractivity contribution in [1.82, 2.24) is 5.32 Å². The van der Waals surface area contributed by atoms with E-state index in [1.165, 1.54) is 29.5 Å². The highest BCUT2D eigenvalue weighted by Gasteiger charge is 2.33. The summed E-state index contributed by atoms with van der Waals surface area (Å²) >= 11 is 0. The smallest absolute Gasteiger partial charge is 0.220 e. The Morgan fingerprint density at radius 1 is 1.19 bits per heavy atom. The third-order valence-electron chi connectivity index (χ3n) is 5.99. The number of carbonyl (C=O) groups excluding carboxylic acids is 1. The van der Waals surface area contributed by atoms with Gasteiger partial charge in [-0.3, -0.25) is 4.79 Å². The largest absolute Gasteiger partial charge is 0.356 e. The maximum atomic E-state index is 12.4. The summed E-state index contributed by atoms with van der Waals surface area (Å²) in [4.78, 5) is 12.4. The molecule has 144 valence electrons. The minimum absolute atomic E-state index is 0.124. The van der Waals surface area contributed by atoms with Gasteiger partial charge in [0.05, 0.1) is 11.5 Å². The van der Waals surface area contributed by atoms with Crippen LogP contribution in [0.5, 0.6) is 0 Å². The predicted molar refractivity (Wildman–Crippen MR) is 105 cm³/mol. The van der Waals surface area contributed by atoms with Crippen LogP contribution < -0.4 is 5.32 Å². The number of sulfone groups is 1. The summed E-state index contributed by atoms with van der Waals surface area (Å²) in [7, 11) is -2.79. The molecule has 5 heteroatoms. The molecule has 1 saturated heterocycles. The second-order valence-electron chi connectivity index (χ2n) is 8.25. The van der Waals surface area contributed by atoms with Gasteiger partial charge in [-0.15, -0.1) is 0 Å². The van der Waals surface area contributed by atoms with Crippen LogP contribution in [0.3, 0.4) is 0 Å². The third kappa shape index (κ3) is 5.32. The normalized spacial score (nSPS) is 22.9. The second kappa shape index (κ2) is 8.12. The topological polar surface area (TPSA) is 63.2 Å². The molecule has 0 bridgehead atoms. The van der Waals surface area contributed by atoms with Crippen molar-refractivity contribution in [2.75, 3.05) is 18.1 Å². The van der Waals surface area contributed by atoms with Gasteiger partial charge in [0.25, 0.3) is 0 Å². The number of hydrogen-bond acceptors (Lipinski definition) is 3. The van der Waals surface area contributed by atoms with Crippen molar-refractivity contribution in [2.24, 2.45) is 11.8 Å². The molecule has 1 aromatic carbocycles. The van der Waals surface area contributed by atoms with E-state index in [0.717, 1.165) is 19.3 Å². The molecule has 26 heavy (non-hydrogen) atoms. The van der Waals surface area contributed by atoms with Gasteiger partial charge in [0.1, 0.15) is 0 Å². The Morgan fingerprint density at radius 3 is 2.58 bits per heavy atom. The van der Waals surface area contributed by atoms with Crippen LogP contribution in [-0.4, -0.2) is 32.4 Å². The minimum atomic E-state index is -2.79. The van der Waals surface area contributed by atoms with Gasteiger partial charge in [-0.05, 0) is 80.4 Å². The van der Waals surface area contributed by atoms with Crippen molar-refractivity contribution in [1.29, 1.82) is 0 Å². The van der Waals surface area contributed by atoms with Crippen molar-refractivity contribution in [3.63, 3.8) is 0 Å². The molecule has 1 N–H and O–H groups in total. The van der Waals surface area contributed by atoms with Crippen LogP contribution in [-0.2, 0) is 14.6 Å². The number of hydrogen-bond donors (Lipinski definition) is 1. The number of amides is 1. The molecule has 0 radical (unpaired) electrons. The fourth-order valence-electron chi connectivity index (χ4n) is 4.04. The number of aryl methyl sites for hydroxylation is 2. The van der Waals surface area contributed by atoms with Crippen LogP contribution >= 0.6 is 0 Å². The molecular weight excluding hydrogens is 346 g/mol. The quantitative estimate of drug-likeness (QED) is 0.705. The third-order valence-corrected chi connectivity index (χ3v) is 7.83. The van der Waals surface area contributed by atoms with Crippen LogP contribution in [0.25, 0.3) is 0 Å². The highest BCUT2D eigenvalue weighted by molar-refractivity contribution is 7.91. The van der Waals surface area contributed by atoms with Crippen LogP contribution in [0.1, 0.15) is 61.1 Å². The van der Waals surface area contributed by atoms with Crippen LogP contribution in [0.2, 0.25) is 0 Å². The fourth-order valence-corrected chi connectivity index (χ4v) is 5.95. The Labute approximate surface area is 157 Å². The van der Waals surface area contributed by atoms with E-state index >= 15 is 0 Å². The summed E-state index contributed by atoms with van der Waals surface area (Å²) in [5.74, 6) is 2.05. The molecule has 1 aliphatic heterocycles. The monoisotopic (exact) mass is 377 g/mol. The van der Waals surface area contributed by atoms with E-state index in [-0.39, 0.29) is 11.8 Å². The molecule has 1 aliphatic carbocycles. The first-order valence-corrected chi connectivity index (χ1v) is 11.7. The molecule has 0 aromatic heterocycles. The lowest BCUT2D eigenvalue weighted by Crippen LogP contribution is -2.27. The number of nitrogens with one attached hydrogen (secondary N) is 1. The lowest BCUT2D eigenvalue weighted by Gasteiger charge is -2.18. The van der Waals surface area contributed by atoms with Gasteiger partial charge in [-0.1, -0.05) is 18.2 Å². The van der Waals surface area contributed by atoms with Crippen LogP contribution in [0.15, 0.2) is 18.2 Å². The summed E-state index contributed by atoms with van der Waals surface area (Å²) in [5.41, 5.74) is 3.88. The zero-order valence-electron chi connectivity index (χ0n) is 16.0. The van der Waals surface area contributed by atoms with Crippen LogP contribution in [0.4, 0.5) is 0 Å². The second-order valence-corrected chi connectivity index (χ2v) is 10.5. The molecule has 1 amide bonds. The van der Waals surface area contributed by atoms with Crippen molar-refractivity contribution >= 4 is 15.7 Å². The fraction of sp³-hybridized carbons (Fsp3) is 0.667. The van der Waals surface area contributed by atoms with Gasteiger partial charge in [0, 0.05) is 13.0 Å². The Morgan fingerprint density at radius 2 is 1.96 bits per heavy atom. The average molecular weight is 378 g/mol. The SMILES string of the molecule is Cc1ccc(C(CC(=O)NCCCC2CCS(=O)(=O)C2)C2CC2)cc1C. The van der Waals surface area contributed by atoms with Gasteiger partial charge < -0.3 is 5.32 Å². The lowest BCUT2D eigenvalue weighted by atomic mass is 9.89. The van der Waals surface area contributed by atoms with Gasteiger partial charge in [-0.2, -0.15) is 0 Å². The van der Waals surface area contributed by atoms with E-state index in [0.29, 0.717) is 36.3 Å². The maximum absolute atomic E-state index is 12.4. The highest BCUT2D eigenvalue weighted by atomic mass is 32.2. The van der Waals surface area contributed by atoms with Gasteiger partial charge in [0.15, 0.2) is 9.84 Å². The number of rotatable bonds is 8. The maximum Gasteiger partial charge on any atom is 0.220 e. The lowest BCUT2D eigenvalue weighted by molar-refractivity contribution is -0.121. The minimum Gasteiger partial charge on any atom is -0.356 e. The van der Waals surface area contributed by atoms with Gasteiger partial charge in [-0.25, -0.2) is 8.42 Å². The molecule has 1 heterocycles. The molecule has 2 atom stereocenters. The molecule has 3 rings (SSSR count).